The smallest absolute Gasteiger partial charge is 0.275 e. The molecule has 1 heterocycles. The normalized spacial score (nSPS) is 16.0. The van der Waals surface area contributed by atoms with Gasteiger partial charge in [0.15, 0.2) is 0 Å². The lowest BCUT2D eigenvalue weighted by molar-refractivity contribution is -0.115. The summed E-state index contributed by atoms with van der Waals surface area (Å²) >= 11 is 3.35. The molecule has 0 aromatic heterocycles. The highest BCUT2D eigenvalue weighted by Gasteiger charge is 2.22. The molecule has 1 aliphatic rings. The molecule has 2 aromatic carbocycles. The largest absolute Gasteiger partial charge is 0.305 e. The zero-order valence-corrected chi connectivity index (χ0v) is 12.4. The number of aliphatic imine (C=N–C) groups is 1. The first-order valence-corrected chi connectivity index (χ1v) is 7.05. The van der Waals surface area contributed by atoms with E-state index in [1.54, 1.807) is 24.3 Å². The van der Waals surface area contributed by atoms with Crippen LogP contribution in [-0.4, -0.2) is 11.7 Å². The van der Waals surface area contributed by atoms with E-state index in [-0.39, 0.29) is 23.0 Å². The van der Waals surface area contributed by atoms with Crippen LogP contribution in [0.3, 0.4) is 0 Å². The fourth-order valence-electron chi connectivity index (χ4n) is 1.97. The Bertz CT molecular complexity index is 766. The Labute approximate surface area is 129 Å². The predicted octanol–water partition coefficient (Wildman–Crippen LogP) is 3.51. The highest BCUT2D eigenvalue weighted by atomic mass is 79.9. The quantitative estimate of drug-likeness (QED) is 0.832. The molecule has 0 bridgehead atoms. The summed E-state index contributed by atoms with van der Waals surface area (Å²) in [6, 6.07) is 13.7. The number of nitrogens with zero attached hydrogens (tertiary/aromatic N) is 1. The van der Waals surface area contributed by atoms with Gasteiger partial charge in [0.1, 0.15) is 17.3 Å². The van der Waals surface area contributed by atoms with E-state index >= 15 is 0 Å². The zero-order valence-electron chi connectivity index (χ0n) is 10.8. The van der Waals surface area contributed by atoms with Crippen LogP contribution in [0.5, 0.6) is 0 Å². The highest BCUT2D eigenvalue weighted by molar-refractivity contribution is 9.10. The van der Waals surface area contributed by atoms with Crippen LogP contribution >= 0.6 is 15.9 Å². The first-order chi connectivity index (χ1) is 10.1. The number of amides is 1. The number of hydrogen-bond donors (Lipinski definition) is 1. The lowest BCUT2D eigenvalue weighted by atomic mass is 10.2. The van der Waals surface area contributed by atoms with Gasteiger partial charge in [0.05, 0.1) is 5.56 Å². The van der Waals surface area contributed by atoms with Crippen molar-refractivity contribution in [1.82, 2.24) is 5.32 Å². The SMILES string of the molecule is O=C1NC(c2ccccc2F)=N/C1=C\c1ccc(Br)cc1. The number of benzene rings is 2. The second-order valence-corrected chi connectivity index (χ2v) is 5.39. The van der Waals surface area contributed by atoms with Crippen molar-refractivity contribution >= 4 is 33.7 Å². The summed E-state index contributed by atoms with van der Waals surface area (Å²) < 4.78 is 14.7. The molecule has 1 N–H and O–H groups in total. The minimum Gasteiger partial charge on any atom is -0.305 e. The van der Waals surface area contributed by atoms with Gasteiger partial charge in [-0.25, -0.2) is 9.38 Å². The molecule has 0 radical (unpaired) electrons. The molecule has 1 amide bonds. The van der Waals surface area contributed by atoms with Crippen LogP contribution in [0.25, 0.3) is 6.08 Å². The number of rotatable bonds is 2. The van der Waals surface area contributed by atoms with Crippen molar-refractivity contribution < 1.29 is 9.18 Å². The molecule has 2 aromatic rings. The third kappa shape index (κ3) is 2.92. The van der Waals surface area contributed by atoms with E-state index in [4.69, 9.17) is 0 Å². The molecule has 1 aliphatic heterocycles. The third-order valence-electron chi connectivity index (χ3n) is 3.00. The van der Waals surface area contributed by atoms with Gasteiger partial charge in [0.2, 0.25) is 0 Å². The molecule has 0 fully saturated rings. The number of carbonyl (C=O) groups is 1. The van der Waals surface area contributed by atoms with E-state index in [1.165, 1.54) is 6.07 Å². The molecule has 0 atom stereocenters. The fraction of sp³-hybridized carbons (Fsp3) is 0. The molecule has 0 aliphatic carbocycles. The number of halogens is 2. The maximum absolute atomic E-state index is 13.7. The van der Waals surface area contributed by atoms with E-state index in [9.17, 15) is 9.18 Å². The van der Waals surface area contributed by atoms with Gasteiger partial charge >= 0.3 is 0 Å². The van der Waals surface area contributed by atoms with Gasteiger partial charge < -0.3 is 5.32 Å². The van der Waals surface area contributed by atoms with Gasteiger partial charge in [-0.1, -0.05) is 40.2 Å². The van der Waals surface area contributed by atoms with Crippen LogP contribution in [0.1, 0.15) is 11.1 Å². The lowest BCUT2D eigenvalue weighted by Crippen LogP contribution is -2.25. The van der Waals surface area contributed by atoms with Crippen LogP contribution in [0, 0.1) is 5.82 Å². The van der Waals surface area contributed by atoms with Gasteiger partial charge in [0.25, 0.3) is 5.91 Å². The fourth-order valence-corrected chi connectivity index (χ4v) is 2.23. The number of carbonyl (C=O) groups excluding carboxylic acids is 1. The van der Waals surface area contributed by atoms with Crippen LogP contribution < -0.4 is 5.32 Å². The Morgan fingerprint density at radius 3 is 2.52 bits per heavy atom. The number of nitrogens with one attached hydrogen (secondary N) is 1. The highest BCUT2D eigenvalue weighted by Crippen LogP contribution is 2.18. The first-order valence-electron chi connectivity index (χ1n) is 6.26. The Morgan fingerprint density at radius 1 is 1.10 bits per heavy atom. The van der Waals surface area contributed by atoms with Crippen molar-refractivity contribution in [3.05, 3.63) is 75.6 Å². The molecule has 3 nitrogen and oxygen atoms in total. The summed E-state index contributed by atoms with van der Waals surface area (Å²) in [5.74, 6) is -0.515. The first kappa shape index (κ1) is 13.7. The van der Waals surface area contributed by atoms with Gasteiger partial charge in [-0.2, -0.15) is 0 Å². The maximum Gasteiger partial charge on any atom is 0.275 e. The van der Waals surface area contributed by atoms with Gasteiger partial charge in [-0.15, -0.1) is 0 Å². The molecule has 104 valence electrons. The molecule has 0 unspecified atom stereocenters. The maximum atomic E-state index is 13.7. The van der Waals surface area contributed by atoms with E-state index in [0.717, 1.165) is 10.0 Å². The average molecular weight is 345 g/mol. The number of amidine groups is 1. The minimum atomic E-state index is -0.415. The Balaban J connectivity index is 1.96. The summed E-state index contributed by atoms with van der Waals surface area (Å²) in [5.41, 5.74) is 1.39. The minimum absolute atomic E-state index is 0.237. The molecular weight excluding hydrogens is 335 g/mol. The van der Waals surface area contributed by atoms with E-state index < -0.39 is 5.82 Å². The molecule has 21 heavy (non-hydrogen) atoms. The zero-order chi connectivity index (χ0) is 14.8. The third-order valence-corrected chi connectivity index (χ3v) is 3.53. The molecule has 5 heteroatoms. The Hall–Kier alpha value is -2.27. The van der Waals surface area contributed by atoms with Crippen LogP contribution in [0.15, 0.2) is 63.7 Å². The van der Waals surface area contributed by atoms with Crippen LogP contribution in [-0.2, 0) is 4.79 Å². The van der Waals surface area contributed by atoms with Gasteiger partial charge in [-0.05, 0) is 35.9 Å². The Kier molecular flexibility index (Phi) is 3.66. The molecule has 0 saturated heterocycles. The van der Waals surface area contributed by atoms with Crippen LogP contribution in [0.2, 0.25) is 0 Å². The van der Waals surface area contributed by atoms with Crippen molar-refractivity contribution in [3.8, 4) is 0 Å². The van der Waals surface area contributed by atoms with Crippen molar-refractivity contribution in [2.75, 3.05) is 0 Å². The predicted molar refractivity (Wildman–Crippen MR) is 83.2 cm³/mol. The molecule has 0 spiro atoms. The van der Waals surface area contributed by atoms with E-state index in [2.05, 4.69) is 26.2 Å². The second kappa shape index (κ2) is 5.61. The molecular formula is C16H10BrFN2O. The number of hydrogen-bond acceptors (Lipinski definition) is 2. The van der Waals surface area contributed by atoms with Crippen molar-refractivity contribution in [2.45, 2.75) is 0 Å². The van der Waals surface area contributed by atoms with Crippen LogP contribution in [0.4, 0.5) is 4.39 Å². The summed E-state index contributed by atoms with van der Waals surface area (Å²) in [6.07, 6.45) is 1.66. The summed E-state index contributed by atoms with van der Waals surface area (Å²) in [5, 5.41) is 2.59. The summed E-state index contributed by atoms with van der Waals surface area (Å²) in [6.45, 7) is 0. The standard InChI is InChI=1S/C16H10BrFN2O/c17-11-7-5-10(6-8-11)9-14-16(21)20-15(19-14)12-3-1-2-4-13(12)18/h1-9H,(H,19,20,21)/b14-9-. The monoisotopic (exact) mass is 344 g/mol. The van der Waals surface area contributed by atoms with Crippen molar-refractivity contribution in [2.24, 2.45) is 4.99 Å². The van der Waals surface area contributed by atoms with E-state index in [0.29, 0.717) is 0 Å². The summed E-state index contributed by atoms with van der Waals surface area (Å²) in [7, 11) is 0. The summed E-state index contributed by atoms with van der Waals surface area (Å²) in [4.78, 5) is 16.1. The van der Waals surface area contributed by atoms with Crippen molar-refractivity contribution in [1.29, 1.82) is 0 Å². The topological polar surface area (TPSA) is 41.5 Å². The van der Waals surface area contributed by atoms with E-state index in [1.807, 2.05) is 24.3 Å². The average Bonchev–Trinajstić information content (AvgIpc) is 2.83. The lowest BCUT2D eigenvalue weighted by Gasteiger charge is -2.00. The van der Waals surface area contributed by atoms with Gasteiger partial charge in [-0.3, -0.25) is 4.79 Å². The van der Waals surface area contributed by atoms with Gasteiger partial charge in [0, 0.05) is 4.47 Å². The molecule has 0 saturated carbocycles. The molecule has 3 rings (SSSR count). The second-order valence-electron chi connectivity index (χ2n) is 4.48. The van der Waals surface area contributed by atoms with Crippen molar-refractivity contribution in [3.63, 3.8) is 0 Å². The Morgan fingerprint density at radius 2 is 1.81 bits per heavy atom.